The topological polar surface area (TPSA) is 123 Å². The van der Waals surface area contributed by atoms with Crippen LogP contribution >= 0.6 is 11.6 Å². The fourth-order valence-corrected chi connectivity index (χ4v) is 4.13. The molecule has 0 unspecified atom stereocenters. The molecule has 5 aromatic rings. The molecule has 0 saturated carbocycles. The van der Waals surface area contributed by atoms with Gasteiger partial charge in [0, 0.05) is 23.3 Å². The van der Waals surface area contributed by atoms with E-state index in [0.717, 1.165) is 5.56 Å². The quantitative estimate of drug-likeness (QED) is 0.216. The van der Waals surface area contributed by atoms with Crippen molar-refractivity contribution in [2.24, 2.45) is 0 Å². The Hall–Kier alpha value is -4.40. The summed E-state index contributed by atoms with van der Waals surface area (Å²) in [5.41, 5.74) is 3.27. The number of halogens is 1. The molecule has 2 heterocycles. The standard InChI is InChI=1S/C27H22ClN5O3/c28-18-9-4-8-17(14-18)26(35)32-21-11-5-10-20-24(21)33-25(31-20)23-19(12-13-29-27(23)36)30-15-22(34)16-6-2-1-3-7-16/h1-14,22,34H,15H2,(H,31,33)(H,32,35)(H2,29,30,36)/t22-/m1/s1. The van der Waals surface area contributed by atoms with Gasteiger partial charge in [-0.05, 0) is 42.0 Å². The van der Waals surface area contributed by atoms with Crippen LogP contribution in [0.15, 0.2) is 89.9 Å². The number of carbonyl (C=O) groups excluding carboxylic acids is 1. The van der Waals surface area contributed by atoms with Crippen molar-refractivity contribution in [3.8, 4) is 11.4 Å². The van der Waals surface area contributed by atoms with Crippen LogP contribution in [0, 0.1) is 0 Å². The maximum Gasteiger partial charge on any atom is 0.261 e. The van der Waals surface area contributed by atoms with Crippen molar-refractivity contribution in [1.82, 2.24) is 15.0 Å². The molecular formula is C27H22ClN5O3. The number of hydrogen-bond acceptors (Lipinski definition) is 5. The van der Waals surface area contributed by atoms with E-state index < -0.39 is 6.10 Å². The minimum atomic E-state index is -0.762. The predicted octanol–water partition coefficient (Wildman–Crippen LogP) is 4.97. The molecule has 5 rings (SSSR count). The second-order valence-electron chi connectivity index (χ2n) is 8.15. The molecule has 3 aromatic carbocycles. The van der Waals surface area contributed by atoms with Gasteiger partial charge in [-0.25, -0.2) is 4.98 Å². The van der Waals surface area contributed by atoms with Crippen molar-refractivity contribution in [3.63, 3.8) is 0 Å². The molecule has 0 bridgehead atoms. The summed E-state index contributed by atoms with van der Waals surface area (Å²) in [6.07, 6.45) is 0.768. The molecule has 0 fully saturated rings. The van der Waals surface area contributed by atoms with E-state index in [4.69, 9.17) is 11.6 Å². The van der Waals surface area contributed by atoms with Crippen molar-refractivity contribution in [1.29, 1.82) is 0 Å². The first-order valence-corrected chi connectivity index (χ1v) is 11.6. The van der Waals surface area contributed by atoms with Gasteiger partial charge >= 0.3 is 0 Å². The van der Waals surface area contributed by atoms with Gasteiger partial charge in [-0.3, -0.25) is 9.59 Å². The molecular weight excluding hydrogens is 478 g/mol. The number of nitrogens with one attached hydrogen (secondary N) is 4. The van der Waals surface area contributed by atoms with E-state index >= 15 is 0 Å². The Morgan fingerprint density at radius 1 is 1.00 bits per heavy atom. The summed E-state index contributed by atoms with van der Waals surface area (Å²) in [6.45, 7) is 0.196. The van der Waals surface area contributed by atoms with Crippen LogP contribution in [0.2, 0.25) is 5.02 Å². The molecule has 2 aromatic heterocycles. The second-order valence-corrected chi connectivity index (χ2v) is 8.59. The van der Waals surface area contributed by atoms with E-state index in [1.54, 1.807) is 42.5 Å². The average molecular weight is 500 g/mol. The third-order valence-corrected chi connectivity index (χ3v) is 5.95. The summed E-state index contributed by atoms with van der Waals surface area (Å²) in [6, 6.07) is 23.0. The number of benzene rings is 3. The molecule has 1 amide bonds. The Morgan fingerprint density at radius 2 is 1.81 bits per heavy atom. The van der Waals surface area contributed by atoms with Gasteiger partial charge in [0.25, 0.3) is 11.5 Å². The van der Waals surface area contributed by atoms with Crippen molar-refractivity contribution >= 4 is 39.9 Å². The first-order valence-electron chi connectivity index (χ1n) is 11.2. The van der Waals surface area contributed by atoms with Crippen molar-refractivity contribution in [3.05, 3.63) is 112 Å². The SMILES string of the molecule is O=C(Nc1cccc2[nH]c(-c3c(NC[C@@H](O)c4ccccc4)cc[nH]c3=O)nc12)c1cccc(Cl)c1. The largest absolute Gasteiger partial charge is 0.387 e. The molecule has 9 heteroatoms. The van der Waals surface area contributed by atoms with Crippen LogP contribution in [0.5, 0.6) is 0 Å². The van der Waals surface area contributed by atoms with E-state index in [0.29, 0.717) is 44.4 Å². The summed E-state index contributed by atoms with van der Waals surface area (Å²) in [7, 11) is 0. The molecule has 8 nitrogen and oxygen atoms in total. The lowest BCUT2D eigenvalue weighted by atomic mass is 10.1. The molecule has 180 valence electrons. The fraction of sp³-hybridized carbons (Fsp3) is 0.0741. The molecule has 1 atom stereocenters. The Labute approximate surface area is 211 Å². The van der Waals surface area contributed by atoms with E-state index in [1.165, 1.54) is 6.20 Å². The number of nitrogens with zero attached hydrogens (tertiary/aromatic N) is 1. The summed E-state index contributed by atoms with van der Waals surface area (Å²) >= 11 is 6.02. The van der Waals surface area contributed by atoms with Gasteiger partial charge in [0.15, 0.2) is 0 Å². The molecule has 5 N–H and O–H groups in total. The summed E-state index contributed by atoms with van der Waals surface area (Å²) < 4.78 is 0. The molecule has 0 saturated heterocycles. The minimum absolute atomic E-state index is 0.196. The zero-order chi connectivity index (χ0) is 25.1. The van der Waals surface area contributed by atoms with Crippen molar-refractivity contribution < 1.29 is 9.90 Å². The summed E-state index contributed by atoms with van der Waals surface area (Å²) in [5.74, 6) is -0.00244. The maximum atomic E-state index is 12.8. The highest BCUT2D eigenvalue weighted by atomic mass is 35.5. The molecule has 0 aliphatic heterocycles. The van der Waals surface area contributed by atoms with Gasteiger partial charge in [0.1, 0.15) is 16.9 Å². The number of amides is 1. The molecule has 0 spiro atoms. The first kappa shape index (κ1) is 23.3. The number of rotatable bonds is 7. The highest BCUT2D eigenvalue weighted by Gasteiger charge is 2.18. The normalized spacial score (nSPS) is 11.8. The van der Waals surface area contributed by atoms with E-state index in [2.05, 4.69) is 25.6 Å². The summed E-state index contributed by atoms with van der Waals surface area (Å²) in [5, 5.41) is 17.0. The fourth-order valence-electron chi connectivity index (χ4n) is 3.94. The Morgan fingerprint density at radius 3 is 2.61 bits per heavy atom. The highest BCUT2D eigenvalue weighted by molar-refractivity contribution is 6.31. The van der Waals surface area contributed by atoms with Gasteiger partial charge in [-0.2, -0.15) is 0 Å². The zero-order valence-electron chi connectivity index (χ0n) is 19.0. The van der Waals surface area contributed by atoms with Gasteiger partial charge in [0.05, 0.1) is 23.0 Å². The average Bonchev–Trinajstić information content (AvgIpc) is 3.32. The number of aliphatic hydroxyl groups is 1. The monoisotopic (exact) mass is 499 g/mol. The smallest absolute Gasteiger partial charge is 0.261 e. The number of aromatic nitrogens is 3. The second kappa shape index (κ2) is 10.1. The van der Waals surface area contributed by atoms with Gasteiger partial charge in [-0.15, -0.1) is 0 Å². The number of aromatic amines is 2. The number of anilines is 2. The third kappa shape index (κ3) is 4.86. The van der Waals surface area contributed by atoms with Crippen LogP contribution in [0.4, 0.5) is 11.4 Å². The highest BCUT2D eigenvalue weighted by Crippen LogP contribution is 2.28. The van der Waals surface area contributed by atoms with Crippen LogP contribution in [0.25, 0.3) is 22.4 Å². The Kier molecular flexibility index (Phi) is 6.53. The number of fused-ring (bicyclic) bond motifs is 1. The molecule has 36 heavy (non-hydrogen) atoms. The number of H-pyrrole nitrogens is 2. The lowest BCUT2D eigenvalue weighted by molar-refractivity contribution is 0.102. The lowest BCUT2D eigenvalue weighted by Gasteiger charge is -2.14. The van der Waals surface area contributed by atoms with E-state index in [9.17, 15) is 14.7 Å². The number of carbonyl (C=O) groups is 1. The maximum absolute atomic E-state index is 12.8. The van der Waals surface area contributed by atoms with Gasteiger partial charge < -0.3 is 25.7 Å². The molecule has 0 aliphatic rings. The van der Waals surface area contributed by atoms with Crippen LogP contribution in [-0.4, -0.2) is 32.5 Å². The molecule has 0 aliphatic carbocycles. The van der Waals surface area contributed by atoms with Gasteiger partial charge in [-0.1, -0.05) is 54.1 Å². The first-order chi connectivity index (χ1) is 17.5. The van der Waals surface area contributed by atoms with Crippen LogP contribution in [0.3, 0.4) is 0 Å². The van der Waals surface area contributed by atoms with Crippen LogP contribution in [-0.2, 0) is 0 Å². The number of hydrogen-bond donors (Lipinski definition) is 5. The number of para-hydroxylation sites is 1. The number of pyridine rings is 1. The van der Waals surface area contributed by atoms with E-state index in [-0.39, 0.29) is 18.0 Å². The third-order valence-electron chi connectivity index (χ3n) is 5.72. The summed E-state index contributed by atoms with van der Waals surface area (Å²) in [4.78, 5) is 36.1. The van der Waals surface area contributed by atoms with Crippen molar-refractivity contribution in [2.75, 3.05) is 17.2 Å². The zero-order valence-corrected chi connectivity index (χ0v) is 19.7. The molecule has 0 radical (unpaired) electrons. The van der Waals surface area contributed by atoms with Gasteiger partial charge in [0.2, 0.25) is 0 Å². The van der Waals surface area contributed by atoms with Crippen LogP contribution in [0.1, 0.15) is 22.0 Å². The Bertz CT molecular complexity index is 1600. The minimum Gasteiger partial charge on any atom is -0.387 e. The number of aliphatic hydroxyl groups excluding tert-OH is 1. The lowest BCUT2D eigenvalue weighted by Crippen LogP contribution is -2.17. The van der Waals surface area contributed by atoms with Crippen LogP contribution < -0.4 is 16.2 Å². The predicted molar refractivity (Wildman–Crippen MR) is 141 cm³/mol. The van der Waals surface area contributed by atoms with Crippen molar-refractivity contribution in [2.45, 2.75) is 6.10 Å². The van der Waals surface area contributed by atoms with E-state index in [1.807, 2.05) is 36.4 Å². The Balaban J connectivity index is 1.45. The number of imidazole rings is 1.